The maximum absolute atomic E-state index is 8.66. The summed E-state index contributed by atoms with van der Waals surface area (Å²) in [7, 11) is 0. The summed E-state index contributed by atoms with van der Waals surface area (Å²) in [5, 5.41) is 11.7. The molecule has 2 N–H and O–H groups in total. The van der Waals surface area contributed by atoms with E-state index in [4.69, 9.17) is 5.11 Å². The first kappa shape index (κ1) is 30.5. The second-order valence-corrected chi connectivity index (χ2v) is 9.65. The molecule has 0 aliphatic heterocycles. The second-order valence-electron chi connectivity index (χ2n) is 9.65. The van der Waals surface area contributed by atoms with Crippen molar-refractivity contribution in [2.45, 2.75) is 161 Å². The van der Waals surface area contributed by atoms with Crippen LogP contribution in [0.4, 0.5) is 0 Å². The monoisotopic (exact) mass is 437 g/mol. The van der Waals surface area contributed by atoms with Crippen molar-refractivity contribution in [3.8, 4) is 0 Å². The molecule has 31 heavy (non-hydrogen) atoms. The minimum Gasteiger partial charge on any atom is -0.395 e. The van der Waals surface area contributed by atoms with Crippen LogP contribution in [0.15, 0.2) is 12.3 Å². The summed E-state index contributed by atoms with van der Waals surface area (Å²) >= 11 is 0. The third-order valence-electron chi connectivity index (χ3n) is 6.47. The molecule has 0 atom stereocenters. The quantitative estimate of drug-likeness (QED) is 0.125. The average molecular weight is 438 g/mol. The predicted molar refractivity (Wildman–Crippen MR) is 141 cm³/mol. The molecule has 0 aromatic rings. The first-order chi connectivity index (χ1) is 15.4. The molecule has 0 spiro atoms. The van der Waals surface area contributed by atoms with E-state index in [1.54, 1.807) is 0 Å². The molecule has 0 aliphatic rings. The Kier molecular flexibility index (Phi) is 29.0. The van der Waals surface area contributed by atoms with E-state index in [1.807, 2.05) is 6.20 Å². The van der Waals surface area contributed by atoms with Crippen molar-refractivity contribution in [3.63, 3.8) is 0 Å². The van der Waals surface area contributed by atoms with Gasteiger partial charge >= 0.3 is 0 Å². The molecule has 0 fully saturated rings. The summed E-state index contributed by atoms with van der Waals surface area (Å²) < 4.78 is 0. The molecule has 186 valence electrons. The number of hydrogen-bond donors (Lipinski definition) is 2. The van der Waals surface area contributed by atoms with Gasteiger partial charge in [-0.25, -0.2) is 0 Å². The average Bonchev–Trinajstić information content (AvgIpc) is 2.78. The largest absolute Gasteiger partial charge is 0.395 e. The summed E-state index contributed by atoms with van der Waals surface area (Å²) in [5.74, 6) is 0. The van der Waals surface area contributed by atoms with E-state index in [0.29, 0.717) is 6.54 Å². The van der Waals surface area contributed by atoms with Gasteiger partial charge in [0.1, 0.15) is 0 Å². The van der Waals surface area contributed by atoms with Crippen LogP contribution in [0.1, 0.15) is 161 Å². The van der Waals surface area contributed by atoms with Crippen LogP contribution in [-0.4, -0.2) is 18.3 Å². The Morgan fingerprint density at radius 2 is 0.806 bits per heavy atom. The van der Waals surface area contributed by atoms with Crippen molar-refractivity contribution >= 4 is 0 Å². The number of allylic oxidation sites excluding steroid dienone is 1. The van der Waals surface area contributed by atoms with Crippen LogP contribution in [0, 0.1) is 0 Å². The number of unbranched alkanes of at least 4 members (excludes halogenated alkanes) is 23. The molecule has 0 radical (unpaired) electrons. The van der Waals surface area contributed by atoms with Gasteiger partial charge in [0.25, 0.3) is 0 Å². The standard InChI is InChI=1S/C29H59NO/c1-2-3-4-5-6-7-8-9-10-11-12-13-14-15-16-17-18-19-20-21-22-23-24-25-26-27-30-28-29-31/h26-27,30-31H,2-25,28-29H2,1H3. The van der Waals surface area contributed by atoms with E-state index >= 15 is 0 Å². The summed E-state index contributed by atoms with van der Waals surface area (Å²) in [5.41, 5.74) is 0. The van der Waals surface area contributed by atoms with E-state index in [9.17, 15) is 0 Å². The molecule has 0 saturated heterocycles. The van der Waals surface area contributed by atoms with E-state index in [0.717, 1.165) is 6.42 Å². The highest BCUT2D eigenvalue weighted by Crippen LogP contribution is 2.15. The predicted octanol–water partition coefficient (Wildman–Crippen LogP) is 9.46. The molecule has 0 aliphatic carbocycles. The Morgan fingerprint density at radius 1 is 0.484 bits per heavy atom. The lowest BCUT2D eigenvalue weighted by molar-refractivity contribution is 0.298. The highest BCUT2D eigenvalue weighted by molar-refractivity contribution is 4.78. The third kappa shape index (κ3) is 29.5. The van der Waals surface area contributed by atoms with Gasteiger partial charge in [-0.3, -0.25) is 0 Å². The van der Waals surface area contributed by atoms with E-state index in [2.05, 4.69) is 18.3 Å². The number of aliphatic hydroxyl groups is 1. The van der Waals surface area contributed by atoms with Crippen LogP contribution in [0.3, 0.4) is 0 Å². The third-order valence-corrected chi connectivity index (χ3v) is 6.47. The van der Waals surface area contributed by atoms with Gasteiger partial charge in [0, 0.05) is 6.54 Å². The lowest BCUT2D eigenvalue weighted by Crippen LogP contribution is -2.10. The Morgan fingerprint density at radius 3 is 1.13 bits per heavy atom. The second kappa shape index (κ2) is 29.5. The molecule has 2 nitrogen and oxygen atoms in total. The van der Waals surface area contributed by atoms with Crippen LogP contribution in [0.25, 0.3) is 0 Å². The van der Waals surface area contributed by atoms with Crippen molar-refractivity contribution in [2.24, 2.45) is 0 Å². The van der Waals surface area contributed by atoms with Crippen LogP contribution in [-0.2, 0) is 0 Å². The van der Waals surface area contributed by atoms with Gasteiger partial charge in [0.2, 0.25) is 0 Å². The first-order valence-electron chi connectivity index (χ1n) is 14.4. The van der Waals surface area contributed by atoms with Gasteiger partial charge in [-0.2, -0.15) is 0 Å². The van der Waals surface area contributed by atoms with Crippen LogP contribution >= 0.6 is 0 Å². The van der Waals surface area contributed by atoms with Crippen LogP contribution in [0.5, 0.6) is 0 Å². The fraction of sp³-hybridized carbons (Fsp3) is 0.931. The van der Waals surface area contributed by atoms with Crippen molar-refractivity contribution in [3.05, 3.63) is 12.3 Å². The molecular formula is C29H59NO. The summed E-state index contributed by atoms with van der Waals surface area (Å²) in [6.07, 6.45) is 38.6. The van der Waals surface area contributed by atoms with E-state index in [-0.39, 0.29) is 6.61 Å². The fourth-order valence-electron chi connectivity index (χ4n) is 4.36. The summed E-state index contributed by atoms with van der Waals surface area (Å²) in [6, 6.07) is 0. The summed E-state index contributed by atoms with van der Waals surface area (Å²) in [4.78, 5) is 0. The van der Waals surface area contributed by atoms with Crippen LogP contribution < -0.4 is 5.32 Å². The topological polar surface area (TPSA) is 32.3 Å². The minimum absolute atomic E-state index is 0.212. The van der Waals surface area contributed by atoms with Crippen LogP contribution in [0.2, 0.25) is 0 Å². The lowest BCUT2D eigenvalue weighted by atomic mass is 10.0. The Labute approximate surface area is 197 Å². The van der Waals surface area contributed by atoms with Crippen molar-refractivity contribution < 1.29 is 5.11 Å². The number of rotatable bonds is 27. The normalized spacial score (nSPS) is 11.5. The van der Waals surface area contributed by atoms with Crippen molar-refractivity contribution in [2.75, 3.05) is 13.2 Å². The lowest BCUT2D eigenvalue weighted by Gasteiger charge is -2.04. The molecule has 0 unspecified atom stereocenters. The van der Waals surface area contributed by atoms with Crippen molar-refractivity contribution in [1.82, 2.24) is 5.32 Å². The molecule has 0 amide bonds. The molecule has 0 bridgehead atoms. The number of nitrogens with one attached hydrogen (secondary N) is 1. The number of hydrogen-bond acceptors (Lipinski definition) is 2. The van der Waals surface area contributed by atoms with E-state index < -0.39 is 0 Å². The van der Waals surface area contributed by atoms with Gasteiger partial charge < -0.3 is 10.4 Å². The van der Waals surface area contributed by atoms with Gasteiger partial charge in [-0.1, -0.05) is 154 Å². The van der Waals surface area contributed by atoms with E-state index in [1.165, 1.54) is 148 Å². The summed E-state index contributed by atoms with van der Waals surface area (Å²) in [6.45, 7) is 3.17. The Hall–Kier alpha value is -0.500. The van der Waals surface area contributed by atoms with Crippen molar-refractivity contribution in [1.29, 1.82) is 0 Å². The zero-order valence-corrected chi connectivity index (χ0v) is 21.5. The molecule has 0 heterocycles. The molecule has 0 saturated carbocycles. The molecule has 0 aromatic heterocycles. The zero-order valence-electron chi connectivity index (χ0n) is 21.5. The van der Waals surface area contributed by atoms with Gasteiger partial charge in [-0.15, -0.1) is 0 Å². The molecule has 0 aromatic carbocycles. The molecule has 0 rings (SSSR count). The highest BCUT2D eigenvalue weighted by Gasteiger charge is 1.95. The molecular weight excluding hydrogens is 378 g/mol. The van der Waals surface area contributed by atoms with Gasteiger partial charge in [-0.05, 0) is 19.0 Å². The smallest absolute Gasteiger partial charge is 0.0603 e. The number of aliphatic hydroxyl groups excluding tert-OH is 1. The fourth-order valence-corrected chi connectivity index (χ4v) is 4.36. The van der Waals surface area contributed by atoms with Gasteiger partial charge in [0.05, 0.1) is 6.61 Å². The molecule has 2 heteroatoms. The maximum atomic E-state index is 8.66. The maximum Gasteiger partial charge on any atom is 0.0603 e. The highest BCUT2D eigenvalue weighted by atomic mass is 16.3. The Balaban J connectivity index is 3.01. The van der Waals surface area contributed by atoms with Gasteiger partial charge in [0.15, 0.2) is 0 Å². The first-order valence-corrected chi connectivity index (χ1v) is 14.4. The minimum atomic E-state index is 0.212. The SMILES string of the molecule is CCCCCCCCCCCCCCCCCCCCCCCCCC=CNCCO. The Bertz CT molecular complexity index is 329. The zero-order chi connectivity index (χ0) is 22.5.